The molecule has 1 aromatic carbocycles. The Balaban J connectivity index is 2.73. The minimum Gasteiger partial charge on any atom is -0.481 e. The summed E-state index contributed by atoms with van der Waals surface area (Å²) >= 11 is 0. The van der Waals surface area contributed by atoms with Crippen molar-refractivity contribution < 1.29 is 14.7 Å². The van der Waals surface area contributed by atoms with E-state index in [4.69, 9.17) is 10.8 Å². The van der Waals surface area contributed by atoms with Crippen LogP contribution >= 0.6 is 0 Å². The van der Waals surface area contributed by atoms with Gasteiger partial charge in [0.05, 0.1) is 6.42 Å². The van der Waals surface area contributed by atoms with E-state index in [1.807, 2.05) is 38.1 Å². The molecule has 1 atom stereocenters. The summed E-state index contributed by atoms with van der Waals surface area (Å²) in [5, 5.41) is 8.66. The van der Waals surface area contributed by atoms with E-state index >= 15 is 0 Å². The van der Waals surface area contributed by atoms with Crippen LogP contribution in [0.3, 0.4) is 0 Å². The maximum absolute atomic E-state index is 12.2. The van der Waals surface area contributed by atoms with Crippen LogP contribution in [0.25, 0.3) is 0 Å². The molecule has 3 N–H and O–H groups in total. The predicted molar refractivity (Wildman–Crippen MR) is 72.6 cm³/mol. The summed E-state index contributed by atoms with van der Waals surface area (Å²) in [5.74, 6) is -1.16. The number of carboxylic acids is 1. The lowest BCUT2D eigenvalue weighted by atomic mass is 10.0. The second kappa shape index (κ2) is 6.89. The number of carbonyl (C=O) groups is 2. The number of nitrogens with two attached hydrogens (primary N) is 1. The molecular weight excluding hydrogens is 244 g/mol. The monoisotopic (exact) mass is 264 g/mol. The highest BCUT2D eigenvalue weighted by molar-refractivity contribution is 5.83. The lowest BCUT2D eigenvalue weighted by molar-refractivity contribution is -0.138. The van der Waals surface area contributed by atoms with E-state index in [-0.39, 0.29) is 18.9 Å². The first-order valence-electron chi connectivity index (χ1n) is 6.28. The Morgan fingerprint density at radius 1 is 1.32 bits per heavy atom. The molecule has 1 rings (SSSR count). The van der Waals surface area contributed by atoms with Crippen LogP contribution in [-0.4, -0.2) is 35.0 Å². The molecule has 1 unspecified atom stereocenters. The Morgan fingerprint density at radius 2 is 1.89 bits per heavy atom. The lowest BCUT2D eigenvalue weighted by Crippen LogP contribution is -2.39. The number of aliphatic carboxylic acids is 1. The van der Waals surface area contributed by atoms with E-state index < -0.39 is 12.0 Å². The Morgan fingerprint density at radius 3 is 2.37 bits per heavy atom. The van der Waals surface area contributed by atoms with Gasteiger partial charge >= 0.3 is 5.97 Å². The van der Waals surface area contributed by atoms with Gasteiger partial charge in [-0.3, -0.25) is 9.59 Å². The first-order valence-corrected chi connectivity index (χ1v) is 6.28. The van der Waals surface area contributed by atoms with Crippen molar-refractivity contribution in [1.29, 1.82) is 0 Å². The van der Waals surface area contributed by atoms with Crippen LogP contribution in [0.15, 0.2) is 24.3 Å². The standard InChI is InChI=1S/C14H20N2O3/c1-3-16(9-8-12(17)18)14(19)13(15)11-6-4-10(2)5-7-11/h4-7,13H,3,8-9,15H2,1-2H3,(H,17,18). The van der Waals surface area contributed by atoms with Gasteiger partial charge < -0.3 is 15.7 Å². The zero-order valence-corrected chi connectivity index (χ0v) is 11.3. The van der Waals surface area contributed by atoms with Gasteiger partial charge in [0.25, 0.3) is 0 Å². The topological polar surface area (TPSA) is 83.6 Å². The third-order valence-electron chi connectivity index (χ3n) is 2.99. The molecule has 0 bridgehead atoms. The maximum atomic E-state index is 12.2. The minimum atomic E-state index is -0.921. The van der Waals surface area contributed by atoms with Crippen molar-refractivity contribution >= 4 is 11.9 Å². The average Bonchev–Trinajstić information content (AvgIpc) is 2.39. The number of aryl methyl sites for hydroxylation is 1. The van der Waals surface area contributed by atoms with Gasteiger partial charge in [-0.1, -0.05) is 29.8 Å². The highest BCUT2D eigenvalue weighted by atomic mass is 16.4. The fourth-order valence-electron chi connectivity index (χ4n) is 1.77. The highest BCUT2D eigenvalue weighted by Gasteiger charge is 2.21. The predicted octanol–water partition coefficient (Wildman–Crippen LogP) is 1.32. The summed E-state index contributed by atoms with van der Waals surface area (Å²) in [6.45, 7) is 4.40. The molecular formula is C14H20N2O3. The quantitative estimate of drug-likeness (QED) is 0.811. The first kappa shape index (κ1) is 15.2. The van der Waals surface area contributed by atoms with Crippen LogP contribution in [0.1, 0.15) is 30.5 Å². The van der Waals surface area contributed by atoms with Crippen molar-refractivity contribution in [2.75, 3.05) is 13.1 Å². The lowest BCUT2D eigenvalue weighted by Gasteiger charge is -2.24. The van der Waals surface area contributed by atoms with Crippen LogP contribution in [0.4, 0.5) is 0 Å². The molecule has 0 aromatic heterocycles. The van der Waals surface area contributed by atoms with Crippen LogP contribution in [0.5, 0.6) is 0 Å². The van der Waals surface area contributed by atoms with Gasteiger partial charge in [-0.2, -0.15) is 0 Å². The Kier molecular flexibility index (Phi) is 5.51. The summed E-state index contributed by atoms with van der Waals surface area (Å²) in [7, 11) is 0. The van der Waals surface area contributed by atoms with Crippen molar-refractivity contribution in [3.8, 4) is 0 Å². The molecule has 104 valence electrons. The van der Waals surface area contributed by atoms with Gasteiger partial charge in [0, 0.05) is 13.1 Å². The molecule has 0 aliphatic carbocycles. The first-order chi connectivity index (χ1) is 8.95. The van der Waals surface area contributed by atoms with Crippen molar-refractivity contribution in [2.24, 2.45) is 5.73 Å². The molecule has 0 spiro atoms. The van der Waals surface area contributed by atoms with Crippen LogP contribution < -0.4 is 5.73 Å². The highest BCUT2D eigenvalue weighted by Crippen LogP contribution is 2.14. The zero-order chi connectivity index (χ0) is 14.4. The van der Waals surface area contributed by atoms with E-state index in [1.165, 1.54) is 4.90 Å². The summed E-state index contributed by atoms with van der Waals surface area (Å²) < 4.78 is 0. The number of hydrogen-bond acceptors (Lipinski definition) is 3. The molecule has 5 heteroatoms. The number of hydrogen-bond donors (Lipinski definition) is 2. The van der Waals surface area contributed by atoms with Gasteiger partial charge in [0.1, 0.15) is 6.04 Å². The van der Waals surface area contributed by atoms with Gasteiger partial charge in [0.15, 0.2) is 0 Å². The molecule has 19 heavy (non-hydrogen) atoms. The molecule has 0 fully saturated rings. The summed E-state index contributed by atoms with van der Waals surface area (Å²) in [5.41, 5.74) is 7.77. The fourth-order valence-corrected chi connectivity index (χ4v) is 1.77. The van der Waals surface area contributed by atoms with Crippen molar-refractivity contribution in [1.82, 2.24) is 4.90 Å². The van der Waals surface area contributed by atoms with E-state index in [0.717, 1.165) is 11.1 Å². The number of rotatable bonds is 6. The fraction of sp³-hybridized carbons (Fsp3) is 0.429. The number of amides is 1. The van der Waals surface area contributed by atoms with Crippen LogP contribution in [0.2, 0.25) is 0 Å². The van der Waals surface area contributed by atoms with Crippen molar-refractivity contribution in [3.05, 3.63) is 35.4 Å². The molecule has 0 aliphatic rings. The molecule has 0 heterocycles. The number of likely N-dealkylation sites (N-methyl/N-ethyl adjacent to an activating group) is 1. The molecule has 0 radical (unpaired) electrons. The third-order valence-corrected chi connectivity index (χ3v) is 2.99. The largest absolute Gasteiger partial charge is 0.481 e. The smallest absolute Gasteiger partial charge is 0.305 e. The van der Waals surface area contributed by atoms with Crippen molar-refractivity contribution in [3.63, 3.8) is 0 Å². The zero-order valence-electron chi connectivity index (χ0n) is 11.3. The van der Waals surface area contributed by atoms with E-state index in [0.29, 0.717) is 6.54 Å². The third kappa shape index (κ3) is 4.37. The van der Waals surface area contributed by atoms with Gasteiger partial charge in [-0.15, -0.1) is 0 Å². The van der Waals surface area contributed by atoms with Crippen LogP contribution in [-0.2, 0) is 9.59 Å². The van der Waals surface area contributed by atoms with Crippen molar-refractivity contribution in [2.45, 2.75) is 26.3 Å². The van der Waals surface area contributed by atoms with Crippen LogP contribution in [0, 0.1) is 6.92 Å². The van der Waals surface area contributed by atoms with E-state index in [1.54, 1.807) is 0 Å². The Bertz CT molecular complexity index is 443. The molecule has 0 saturated carbocycles. The second-order valence-corrected chi connectivity index (χ2v) is 4.45. The Labute approximate surface area is 113 Å². The summed E-state index contributed by atoms with van der Waals surface area (Å²) in [6, 6.07) is 6.70. The van der Waals surface area contributed by atoms with E-state index in [2.05, 4.69) is 0 Å². The molecule has 5 nitrogen and oxygen atoms in total. The number of nitrogens with zero attached hydrogens (tertiary/aromatic N) is 1. The van der Waals surface area contributed by atoms with Gasteiger partial charge in [-0.05, 0) is 19.4 Å². The number of benzene rings is 1. The normalized spacial score (nSPS) is 11.9. The van der Waals surface area contributed by atoms with E-state index in [9.17, 15) is 9.59 Å². The average molecular weight is 264 g/mol. The molecule has 1 amide bonds. The molecule has 0 saturated heterocycles. The Hall–Kier alpha value is -1.88. The summed E-state index contributed by atoms with van der Waals surface area (Å²) in [6.07, 6.45) is -0.0692. The number of carbonyl (C=O) groups excluding carboxylic acids is 1. The minimum absolute atomic E-state index is 0.0692. The number of carboxylic acid groups (broad SMARTS) is 1. The molecule has 1 aromatic rings. The van der Waals surface area contributed by atoms with Gasteiger partial charge in [-0.25, -0.2) is 0 Å². The summed E-state index contributed by atoms with van der Waals surface area (Å²) in [4.78, 5) is 24.2. The molecule has 0 aliphatic heterocycles. The second-order valence-electron chi connectivity index (χ2n) is 4.45. The maximum Gasteiger partial charge on any atom is 0.305 e. The van der Waals surface area contributed by atoms with Gasteiger partial charge in [0.2, 0.25) is 5.91 Å². The SMILES string of the molecule is CCN(CCC(=O)O)C(=O)C(N)c1ccc(C)cc1.